The van der Waals surface area contributed by atoms with Gasteiger partial charge in [0, 0.05) is 55.8 Å². The highest BCUT2D eigenvalue weighted by atomic mass is 28.4. The average Bonchev–Trinajstić information content (AvgIpc) is 3.41. The largest absolute Gasteiger partial charge is 0.497 e. The van der Waals surface area contributed by atoms with Crippen LogP contribution < -0.4 is 9.47 Å². The Morgan fingerprint density at radius 1 is 0.727 bits per heavy atom. The van der Waals surface area contributed by atoms with Crippen molar-refractivity contribution in [3.63, 3.8) is 0 Å². The molecule has 14 atom stereocenters. The Bertz CT molecular complexity index is 2020. The number of allylic oxidation sites excluding steroid dienone is 3. The van der Waals surface area contributed by atoms with E-state index in [1.54, 1.807) is 28.4 Å². The average molecular weight is 1110 g/mol. The van der Waals surface area contributed by atoms with Crippen molar-refractivity contribution < 1.29 is 51.5 Å². The maximum Gasteiger partial charge on any atom is 0.192 e. The van der Waals surface area contributed by atoms with Gasteiger partial charge >= 0.3 is 0 Å². The molecule has 1 aliphatic heterocycles. The van der Waals surface area contributed by atoms with Crippen LogP contribution in [0.15, 0.2) is 97.1 Å². The third-order valence-electron chi connectivity index (χ3n) is 16.8. The number of hydrogen-bond acceptors (Lipinski definition) is 11. The van der Waals surface area contributed by atoms with Crippen LogP contribution in [0.4, 0.5) is 0 Å². The van der Waals surface area contributed by atoms with E-state index in [4.69, 9.17) is 51.5 Å². The van der Waals surface area contributed by atoms with Crippen molar-refractivity contribution >= 4 is 16.6 Å². The van der Waals surface area contributed by atoms with Gasteiger partial charge in [-0.1, -0.05) is 163 Å². The van der Waals surface area contributed by atoms with Gasteiger partial charge < -0.3 is 51.5 Å². The predicted molar refractivity (Wildman–Crippen MR) is 321 cm³/mol. The third-order valence-corrected chi connectivity index (χ3v) is 25.9. The lowest BCUT2D eigenvalue weighted by atomic mass is 9.81. The lowest BCUT2D eigenvalue weighted by molar-refractivity contribution is -0.256. The van der Waals surface area contributed by atoms with Crippen LogP contribution in [0.5, 0.6) is 11.5 Å². The fourth-order valence-electron chi connectivity index (χ4n) is 10.8. The summed E-state index contributed by atoms with van der Waals surface area (Å²) in [6, 6.07) is 19.4. The number of ether oxygens (including phenoxy) is 9. The summed E-state index contributed by atoms with van der Waals surface area (Å²) in [5.74, 6) is 2.29. The fraction of sp³-hybridized carbons (Fsp3) is 0.688. The Kier molecular flexibility index (Phi) is 29.9. The summed E-state index contributed by atoms with van der Waals surface area (Å²) in [7, 11) is 2.46. The lowest BCUT2D eigenvalue weighted by Gasteiger charge is -2.45. The molecule has 0 spiro atoms. The minimum atomic E-state index is -2.27. The monoisotopic (exact) mass is 1110 g/mol. The molecule has 13 heteroatoms. The Hall–Kier alpha value is -2.93. The predicted octanol–water partition coefficient (Wildman–Crippen LogP) is 15.9. The van der Waals surface area contributed by atoms with Gasteiger partial charge in [-0.2, -0.15) is 0 Å². The van der Waals surface area contributed by atoms with Crippen molar-refractivity contribution in [1.29, 1.82) is 0 Å². The molecule has 0 amide bonds. The summed E-state index contributed by atoms with van der Waals surface area (Å²) < 4.78 is 70.2. The summed E-state index contributed by atoms with van der Waals surface area (Å²) in [4.78, 5) is 0. The standard InChI is InChI=1S/C64H108O11Si2/c1-22-26-27-46(6)62(75-77(23-2,24-3)25-4)52(12)60(69-42-53-29-34-55(67-18)35-30-53)49(9)39-45(5)38-48(8)59(72-44-66-17)47(7)28-33-57(71-43-65-16)40-58(74-76(20,21)64(13,14)15)51(11)61-50(10)41-70-63(73-61)54-31-36-56(68-19)37-32-54/h22,26-38,46-52,57-63H,1,23-25,39-44H2,2-21H3/b27-26-,33-28-,45-38-/t46-,47-,48-,49-,50-,51-,52+,57+,58-,59-,60+,61+,62-,63+/m0/s1. The van der Waals surface area contributed by atoms with E-state index in [2.05, 4.69) is 159 Å². The fourth-order valence-corrected chi connectivity index (χ4v) is 15.2. The molecule has 0 bridgehead atoms. The van der Waals surface area contributed by atoms with E-state index in [9.17, 15) is 0 Å². The van der Waals surface area contributed by atoms with E-state index >= 15 is 0 Å². The minimum Gasteiger partial charge on any atom is -0.497 e. The van der Waals surface area contributed by atoms with Crippen molar-refractivity contribution in [3.8, 4) is 11.5 Å². The molecule has 1 fully saturated rings. The van der Waals surface area contributed by atoms with E-state index < -0.39 is 22.9 Å². The highest BCUT2D eigenvalue weighted by Gasteiger charge is 2.45. The van der Waals surface area contributed by atoms with E-state index in [-0.39, 0.29) is 96.7 Å². The van der Waals surface area contributed by atoms with Gasteiger partial charge in [0.25, 0.3) is 0 Å². The number of benzene rings is 2. The Morgan fingerprint density at radius 2 is 1.30 bits per heavy atom. The maximum absolute atomic E-state index is 7.44. The van der Waals surface area contributed by atoms with Crippen LogP contribution >= 0.6 is 0 Å². The molecule has 0 saturated carbocycles. The molecule has 0 radical (unpaired) electrons. The highest BCUT2D eigenvalue weighted by molar-refractivity contribution is 6.74. The Labute approximate surface area is 471 Å². The molecule has 1 heterocycles. The topological polar surface area (TPSA) is 102 Å². The van der Waals surface area contributed by atoms with Crippen LogP contribution in [0.25, 0.3) is 0 Å². The van der Waals surface area contributed by atoms with Crippen LogP contribution in [0.3, 0.4) is 0 Å². The summed E-state index contributed by atoms with van der Waals surface area (Å²) in [6.07, 6.45) is 13.0. The van der Waals surface area contributed by atoms with Crippen LogP contribution in [-0.4, -0.2) is 102 Å². The van der Waals surface area contributed by atoms with Gasteiger partial charge in [-0.3, -0.25) is 0 Å². The first-order valence-electron chi connectivity index (χ1n) is 28.8. The number of rotatable bonds is 36. The zero-order valence-corrected chi connectivity index (χ0v) is 53.7. The lowest BCUT2D eigenvalue weighted by Crippen LogP contribution is -2.50. The number of hydrogen-bond donors (Lipinski definition) is 0. The van der Waals surface area contributed by atoms with Gasteiger partial charge in [-0.05, 0) is 91.3 Å². The first-order chi connectivity index (χ1) is 36.5. The molecular formula is C64H108O11Si2. The van der Waals surface area contributed by atoms with Crippen molar-refractivity contribution in [2.24, 2.45) is 41.4 Å². The highest BCUT2D eigenvalue weighted by Crippen LogP contribution is 2.42. The van der Waals surface area contributed by atoms with Gasteiger partial charge in [0.05, 0.1) is 64.1 Å². The van der Waals surface area contributed by atoms with E-state index in [1.165, 1.54) is 5.57 Å². The molecule has 0 N–H and O–H groups in total. The molecule has 2 aromatic rings. The molecule has 0 unspecified atom stereocenters. The first kappa shape index (κ1) is 68.3. The smallest absolute Gasteiger partial charge is 0.192 e. The van der Waals surface area contributed by atoms with E-state index in [0.717, 1.165) is 47.2 Å². The summed E-state index contributed by atoms with van der Waals surface area (Å²) >= 11 is 0. The molecule has 0 aliphatic carbocycles. The van der Waals surface area contributed by atoms with Gasteiger partial charge in [0.1, 0.15) is 25.1 Å². The molecule has 1 saturated heterocycles. The van der Waals surface area contributed by atoms with E-state index in [1.807, 2.05) is 42.5 Å². The summed E-state index contributed by atoms with van der Waals surface area (Å²) in [5, 5.41) is -0.00831. The molecule has 11 nitrogen and oxygen atoms in total. The van der Waals surface area contributed by atoms with Crippen molar-refractivity contribution in [1.82, 2.24) is 0 Å². The molecule has 2 aromatic carbocycles. The zero-order valence-electron chi connectivity index (χ0n) is 51.7. The van der Waals surface area contributed by atoms with Crippen molar-refractivity contribution in [2.75, 3.05) is 48.6 Å². The summed E-state index contributed by atoms with van der Waals surface area (Å²) in [5.41, 5.74) is 3.36. The molecule has 0 aromatic heterocycles. The third kappa shape index (κ3) is 21.2. The second-order valence-corrected chi connectivity index (χ2v) is 33.2. The molecule has 3 rings (SSSR count). The molecule has 438 valence electrons. The maximum atomic E-state index is 7.44. The molecule has 77 heavy (non-hydrogen) atoms. The SMILES string of the molecule is C=C/C=C\[C@H](C)[C@H](O[Si](CC)(CC)CC)[C@H](C)[C@H](OCc1ccc(OC)cc1)[C@@H](C)C/C(C)=C\[C@H](C)[C@@H](OCOC)[C@@H](C)/C=C\[C@H](C[C@H](O[Si](C)(C)C(C)(C)C)[C@H](C)[C@@H]1O[C@H](c2ccc(OC)cc2)OC[C@@H]1C)OCOC. The summed E-state index contributed by atoms with van der Waals surface area (Å²) in [6.45, 7) is 42.0. The second kappa shape index (κ2) is 33.7. The van der Waals surface area contributed by atoms with Gasteiger partial charge in [-0.25, -0.2) is 0 Å². The van der Waals surface area contributed by atoms with Crippen LogP contribution in [0.1, 0.15) is 127 Å². The minimum absolute atomic E-state index is 0.000279. The number of methoxy groups -OCH3 is 4. The first-order valence-corrected chi connectivity index (χ1v) is 34.3. The van der Waals surface area contributed by atoms with Gasteiger partial charge in [0.2, 0.25) is 0 Å². The van der Waals surface area contributed by atoms with Crippen molar-refractivity contribution in [2.45, 2.75) is 196 Å². The van der Waals surface area contributed by atoms with Crippen LogP contribution in [0.2, 0.25) is 36.3 Å². The van der Waals surface area contributed by atoms with E-state index in [0.29, 0.717) is 19.6 Å². The van der Waals surface area contributed by atoms with Gasteiger partial charge in [-0.15, -0.1) is 0 Å². The Morgan fingerprint density at radius 3 is 1.84 bits per heavy atom. The molecule has 1 aliphatic rings. The molecular weight excluding hydrogens is 1000 g/mol. The van der Waals surface area contributed by atoms with Gasteiger partial charge in [0.15, 0.2) is 22.9 Å². The Balaban J connectivity index is 1.98. The van der Waals surface area contributed by atoms with Crippen LogP contribution in [0, 0.1) is 41.4 Å². The normalized spacial score (nSPS) is 21.5. The second-order valence-electron chi connectivity index (χ2n) is 23.8. The zero-order chi connectivity index (χ0) is 57.5. The van der Waals surface area contributed by atoms with Crippen LogP contribution in [-0.2, 0) is 48.6 Å². The van der Waals surface area contributed by atoms with Crippen molar-refractivity contribution in [3.05, 3.63) is 108 Å². The quantitative estimate of drug-likeness (QED) is 0.0282.